The third kappa shape index (κ3) is 2.34. The highest BCUT2D eigenvalue weighted by Crippen LogP contribution is 2.19. The number of ketones is 1. The van der Waals surface area contributed by atoms with Crippen LogP contribution in [0.5, 0.6) is 0 Å². The SMILES string of the molecule is Cc1cc(I)c(C#N)c(C(=O)CBr)c1. The lowest BCUT2D eigenvalue weighted by atomic mass is 10.0. The minimum absolute atomic E-state index is 0.0526. The maximum absolute atomic E-state index is 11.5. The molecular formula is C10H7BrINO. The van der Waals surface area contributed by atoms with Crippen molar-refractivity contribution >= 4 is 44.3 Å². The summed E-state index contributed by atoms with van der Waals surface area (Å²) in [5.41, 5.74) is 1.98. The third-order valence-corrected chi connectivity index (χ3v) is 3.13. The molecule has 14 heavy (non-hydrogen) atoms. The average molecular weight is 364 g/mol. The Bertz CT molecular complexity index is 423. The second-order valence-electron chi connectivity index (χ2n) is 2.84. The van der Waals surface area contributed by atoms with Crippen LogP contribution in [0, 0.1) is 21.8 Å². The summed E-state index contributed by atoms with van der Waals surface area (Å²) in [6, 6.07) is 5.70. The first-order valence-electron chi connectivity index (χ1n) is 3.89. The van der Waals surface area contributed by atoms with Crippen molar-refractivity contribution in [1.29, 1.82) is 5.26 Å². The summed E-state index contributed by atoms with van der Waals surface area (Å²) in [5.74, 6) is -0.0526. The monoisotopic (exact) mass is 363 g/mol. The molecule has 0 aliphatic carbocycles. The number of halogens is 2. The average Bonchev–Trinajstić information content (AvgIpc) is 2.15. The van der Waals surface area contributed by atoms with E-state index in [-0.39, 0.29) is 11.1 Å². The molecule has 0 spiro atoms. The first-order valence-corrected chi connectivity index (χ1v) is 6.09. The van der Waals surface area contributed by atoms with Crippen molar-refractivity contribution in [2.75, 3.05) is 5.33 Å². The molecule has 1 aromatic carbocycles. The summed E-state index contributed by atoms with van der Waals surface area (Å²) in [5, 5.41) is 9.16. The van der Waals surface area contributed by atoms with Gasteiger partial charge in [0, 0.05) is 9.13 Å². The first-order chi connectivity index (χ1) is 6.60. The number of carbonyl (C=O) groups is 1. The number of Topliss-reactive ketones (excluding diaryl/α,β-unsaturated/α-hetero) is 1. The van der Waals surface area contributed by atoms with Gasteiger partial charge >= 0.3 is 0 Å². The Morgan fingerprint density at radius 2 is 2.29 bits per heavy atom. The van der Waals surface area contributed by atoms with Gasteiger partial charge in [0.25, 0.3) is 0 Å². The van der Waals surface area contributed by atoms with Gasteiger partial charge in [-0.25, -0.2) is 0 Å². The fourth-order valence-corrected chi connectivity index (χ4v) is 2.35. The van der Waals surface area contributed by atoms with Crippen molar-refractivity contribution in [3.63, 3.8) is 0 Å². The van der Waals surface area contributed by atoms with Gasteiger partial charge in [0.2, 0.25) is 0 Å². The smallest absolute Gasteiger partial charge is 0.174 e. The van der Waals surface area contributed by atoms with Gasteiger partial charge in [-0.1, -0.05) is 15.9 Å². The zero-order valence-corrected chi connectivity index (χ0v) is 11.2. The number of rotatable bonds is 2. The molecule has 0 saturated heterocycles. The Hall–Kier alpha value is -0.410. The van der Waals surface area contributed by atoms with Crippen LogP contribution >= 0.6 is 38.5 Å². The number of benzene rings is 1. The van der Waals surface area contributed by atoms with Crippen molar-refractivity contribution in [2.45, 2.75) is 6.92 Å². The fraction of sp³-hybridized carbons (Fsp3) is 0.200. The zero-order chi connectivity index (χ0) is 10.7. The van der Waals surface area contributed by atoms with Gasteiger partial charge in [-0.2, -0.15) is 5.26 Å². The molecule has 0 amide bonds. The van der Waals surface area contributed by atoms with Crippen molar-refractivity contribution in [2.24, 2.45) is 0 Å². The van der Waals surface area contributed by atoms with E-state index < -0.39 is 0 Å². The van der Waals surface area contributed by atoms with E-state index in [0.29, 0.717) is 11.1 Å². The van der Waals surface area contributed by atoms with E-state index in [1.165, 1.54) is 0 Å². The maximum atomic E-state index is 11.5. The van der Waals surface area contributed by atoms with E-state index in [9.17, 15) is 4.79 Å². The summed E-state index contributed by atoms with van der Waals surface area (Å²) >= 11 is 5.17. The van der Waals surface area contributed by atoms with Crippen molar-refractivity contribution in [3.05, 3.63) is 32.4 Å². The van der Waals surface area contributed by atoms with E-state index in [1.54, 1.807) is 6.07 Å². The molecule has 1 aromatic rings. The number of alkyl halides is 1. The van der Waals surface area contributed by atoms with Crippen LogP contribution in [0.1, 0.15) is 21.5 Å². The lowest BCUT2D eigenvalue weighted by Crippen LogP contribution is -2.05. The molecule has 0 radical (unpaired) electrons. The van der Waals surface area contributed by atoms with Crippen LogP contribution in [0.4, 0.5) is 0 Å². The van der Waals surface area contributed by atoms with E-state index in [4.69, 9.17) is 5.26 Å². The van der Waals surface area contributed by atoms with Gasteiger partial charge in [0.05, 0.1) is 10.9 Å². The third-order valence-electron chi connectivity index (χ3n) is 1.77. The molecule has 72 valence electrons. The number of carbonyl (C=O) groups excluding carboxylic acids is 1. The Morgan fingerprint density at radius 1 is 1.64 bits per heavy atom. The minimum atomic E-state index is -0.0526. The topological polar surface area (TPSA) is 40.9 Å². The standard InChI is InChI=1S/C10H7BrINO/c1-6-2-7(10(14)4-11)8(5-13)9(12)3-6/h2-3H,4H2,1H3. The highest BCUT2D eigenvalue weighted by Gasteiger charge is 2.13. The van der Waals surface area contributed by atoms with E-state index in [0.717, 1.165) is 9.13 Å². The predicted molar refractivity (Wildman–Crippen MR) is 66.7 cm³/mol. The van der Waals surface area contributed by atoms with Crippen LogP contribution in [0.25, 0.3) is 0 Å². The molecule has 0 heterocycles. The molecular weight excluding hydrogens is 357 g/mol. The number of nitrogens with zero attached hydrogens (tertiary/aromatic N) is 1. The maximum Gasteiger partial charge on any atom is 0.174 e. The molecule has 1 rings (SSSR count). The molecule has 0 aliphatic rings. The molecule has 0 unspecified atom stereocenters. The second kappa shape index (κ2) is 4.89. The molecule has 0 aromatic heterocycles. The predicted octanol–water partition coefficient (Wildman–Crippen LogP) is 3.05. The first kappa shape index (κ1) is 11.7. The highest BCUT2D eigenvalue weighted by atomic mass is 127. The lowest BCUT2D eigenvalue weighted by Gasteiger charge is -2.04. The Balaban J connectivity index is 3.41. The fourth-order valence-electron chi connectivity index (χ4n) is 1.15. The van der Waals surface area contributed by atoms with Crippen LogP contribution < -0.4 is 0 Å². The highest BCUT2D eigenvalue weighted by molar-refractivity contribution is 14.1. The van der Waals surface area contributed by atoms with Crippen LogP contribution in [0.2, 0.25) is 0 Å². The number of nitriles is 1. The lowest BCUT2D eigenvalue weighted by molar-refractivity contribution is 0.102. The van der Waals surface area contributed by atoms with Crippen LogP contribution in [-0.4, -0.2) is 11.1 Å². The Kier molecular flexibility index (Phi) is 4.08. The van der Waals surface area contributed by atoms with E-state index in [1.807, 2.05) is 13.0 Å². The van der Waals surface area contributed by atoms with E-state index >= 15 is 0 Å². The van der Waals surface area contributed by atoms with Crippen LogP contribution in [0.15, 0.2) is 12.1 Å². The molecule has 2 nitrogen and oxygen atoms in total. The molecule has 0 N–H and O–H groups in total. The second-order valence-corrected chi connectivity index (χ2v) is 4.56. The summed E-state index contributed by atoms with van der Waals surface area (Å²) in [7, 11) is 0. The van der Waals surface area contributed by atoms with E-state index in [2.05, 4.69) is 44.6 Å². The summed E-state index contributed by atoms with van der Waals surface area (Å²) < 4.78 is 0.828. The Morgan fingerprint density at radius 3 is 2.79 bits per heavy atom. The zero-order valence-electron chi connectivity index (χ0n) is 7.47. The van der Waals surface area contributed by atoms with Gasteiger partial charge in [-0.15, -0.1) is 0 Å². The minimum Gasteiger partial charge on any atom is -0.293 e. The molecule has 0 saturated carbocycles. The summed E-state index contributed by atoms with van der Waals surface area (Å²) in [4.78, 5) is 11.5. The van der Waals surface area contributed by atoms with Crippen LogP contribution in [0.3, 0.4) is 0 Å². The molecule has 0 bridgehead atoms. The van der Waals surface area contributed by atoms with Crippen molar-refractivity contribution < 1.29 is 4.79 Å². The number of hydrogen-bond donors (Lipinski definition) is 0. The van der Waals surface area contributed by atoms with Crippen molar-refractivity contribution in [1.82, 2.24) is 0 Å². The van der Waals surface area contributed by atoms with Gasteiger partial charge in [0.15, 0.2) is 5.78 Å². The quantitative estimate of drug-likeness (QED) is 0.460. The van der Waals surface area contributed by atoms with Gasteiger partial charge in [-0.05, 0) is 47.2 Å². The molecule has 0 fully saturated rings. The van der Waals surface area contributed by atoms with Crippen molar-refractivity contribution in [3.8, 4) is 6.07 Å². The number of hydrogen-bond acceptors (Lipinski definition) is 2. The molecule has 0 aliphatic heterocycles. The summed E-state index contributed by atoms with van der Waals surface area (Å²) in [6.45, 7) is 1.91. The van der Waals surface area contributed by atoms with Gasteiger partial charge in [0.1, 0.15) is 6.07 Å². The van der Waals surface area contributed by atoms with Gasteiger partial charge < -0.3 is 0 Å². The van der Waals surface area contributed by atoms with Gasteiger partial charge in [-0.3, -0.25) is 4.79 Å². The van der Waals surface area contributed by atoms with Crippen LogP contribution in [-0.2, 0) is 0 Å². The molecule has 4 heteroatoms. The Labute approximate surface area is 105 Å². The number of aryl methyl sites for hydroxylation is 1. The largest absolute Gasteiger partial charge is 0.293 e. The normalized spacial score (nSPS) is 9.57. The summed E-state index contributed by atoms with van der Waals surface area (Å²) in [6.07, 6.45) is 0. The molecule has 0 atom stereocenters.